The van der Waals surface area contributed by atoms with E-state index in [2.05, 4.69) is 22.3 Å². The fourth-order valence-electron chi connectivity index (χ4n) is 7.77. The maximum atomic E-state index is 13.4. The molecule has 1 N–H and O–H groups in total. The molecule has 0 radical (unpaired) electrons. The Hall–Kier alpha value is -1.88. The molecule has 136 valence electrons. The Morgan fingerprint density at radius 3 is 2.96 bits per heavy atom. The van der Waals surface area contributed by atoms with E-state index in [1.165, 1.54) is 12.7 Å². The monoisotopic (exact) mass is 352 g/mol. The fraction of sp³-hybridized carbons (Fsp3) is 0.619. The number of rotatable bonds is 1. The molecule has 3 aliphatic heterocycles. The number of hydrogen-bond donors (Lipinski definition) is 1. The number of hydrogen-bond acceptors (Lipinski definition) is 5. The van der Waals surface area contributed by atoms with Crippen LogP contribution in [0.15, 0.2) is 24.3 Å². The van der Waals surface area contributed by atoms with Gasteiger partial charge in [0, 0.05) is 30.6 Å². The molecule has 2 saturated heterocycles. The van der Waals surface area contributed by atoms with Crippen LogP contribution in [-0.4, -0.2) is 48.4 Å². The molecular formula is C21H24N2O3. The van der Waals surface area contributed by atoms with Gasteiger partial charge in [-0.1, -0.05) is 18.2 Å². The van der Waals surface area contributed by atoms with Crippen molar-refractivity contribution in [3.63, 3.8) is 0 Å². The van der Waals surface area contributed by atoms with Gasteiger partial charge in [0.05, 0.1) is 12.5 Å². The highest BCUT2D eigenvalue weighted by atomic mass is 16.5. The average Bonchev–Trinajstić information content (AvgIpc) is 3.14. The fourth-order valence-corrected chi connectivity index (χ4v) is 7.77. The highest BCUT2D eigenvalue weighted by Gasteiger charge is 2.81. The summed E-state index contributed by atoms with van der Waals surface area (Å²) < 4.78 is 5.36. The predicted octanol–water partition coefficient (Wildman–Crippen LogP) is 2.11. The number of ether oxygens (including phenoxy) is 1. The molecule has 1 aromatic rings. The first-order valence-electron chi connectivity index (χ1n) is 9.82. The van der Waals surface area contributed by atoms with E-state index in [0.29, 0.717) is 12.2 Å². The molecule has 1 spiro atoms. The van der Waals surface area contributed by atoms with E-state index in [4.69, 9.17) is 4.74 Å². The van der Waals surface area contributed by atoms with Crippen molar-refractivity contribution in [3.05, 3.63) is 29.8 Å². The zero-order valence-electron chi connectivity index (χ0n) is 15.1. The lowest BCUT2D eigenvalue weighted by Gasteiger charge is -2.63. The van der Waals surface area contributed by atoms with Crippen LogP contribution in [0.5, 0.6) is 0 Å². The van der Waals surface area contributed by atoms with E-state index < -0.39 is 11.0 Å². The van der Waals surface area contributed by atoms with Gasteiger partial charge in [0.15, 0.2) is 0 Å². The van der Waals surface area contributed by atoms with E-state index in [-0.39, 0.29) is 23.3 Å². The molecule has 26 heavy (non-hydrogen) atoms. The molecule has 6 rings (SSSR count). The van der Waals surface area contributed by atoms with Gasteiger partial charge >= 0.3 is 5.97 Å². The van der Waals surface area contributed by atoms with E-state index >= 15 is 0 Å². The third-order valence-electron chi connectivity index (χ3n) is 8.34. The largest absolute Gasteiger partial charge is 0.467 e. The van der Waals surface area contributed by atoms with Gasteiger partial charge in [-0.2, -0.15) is 0 Å². The summed E-state index contributed by atoms with van der Waals surface area (Å²) in [4.78, 5) is 29.2. The van der Waals surface area contributed by atoms with Crippen molar-refractivity contribution in [1.29, 1.82) is 0 Å². The summed E-state index contributed by atoms with van der Waals surface area (Å²) in [5.41, 5.74) is 0.915. The number of fused-ring (bicyclic) bond motifs is 1. The first-order valence-corrected chi connectivity index (χ1v) is 9.82. The van der Waals surface area contributed by atoms with Crippen molar-refractivity contribution in [2.75, 3.05) is 25.5 Å². The molecule has 2 unspecified atom stereocenters. The lowest BCUT2D eigenvalue weighted by molar-refractivity contribution is -0.163. The third kappa shape index (κ3) is 1.33. The number of para-hydroxylation sites is 1. The zero-order valence-corrected chi connectivity index (χ0v) is 15.1. The maximum absolute atomic E-state index is 13.4. The standard InChI is InChI=1S/C21H24N2O3/c1-26-18(25)20-9-8-19-7-4-10-23-12-14(16(24)11-19)21(20,17(19)23)13-5-2-3-6-15(13)22-20/h2-3,5-6,14,17,22H,4,7-12H2,1H3/t14?,17?,19-,20+,21+/m1/s1. The van der Waals surface area contributed by atoms with Crippen LogP contribution in [-0.2, 0) is 19.7 Å². The van der Waals surface area contributed by atoms with Crippen molar-refractivity contribution >= 4 is 17.4 Å². The van der Waals surface area contributed by atoms with E-state index in [1.54, 1.807) is 0 Å². The van der Waals surface area contributed by atoms with Crippen LogP contribution in [0, 0.1) is 11.3 Å². The number of nitrogens with one attached hydrogen (secondary N) is 1. The average molecular weight is 352 g/mol. The summed E-state index contributed by atoms with van der Waals surface area (Å²) in [6.45, 7) is 1.83. The van der Waals surface area contributed by atoms with Gasteiger partial charge in [-0.3, -0.25) is 9.69 Å². The van der Waals surface area contributed by atoms with Gasteiger partial charge in [-0.15, -0.1) is 0 Å². The summed E-state index contributed by atoms with van der Waals surface area (Å²) in [5.74, 6) is 0.0424. The number of methoxy groups -OCH3 is 1. The molecule has 5 aliphatic rings. The number of esters is 1. The van der Waals surface area contributed by atoms with E-state index in [1.807, 2.05) is 12.1 Å². The molecule has 4 bridgehead atoms. The predicted molar refractivity (Wildman–Crippen MR) is 95.9 cm³/mol. The van der Waals surface area contributed by atoms with Crippen LogP contribution in [0.3, 0.4) is 0 Å². The Labute approximate surface area is 153 Å². The number of benzene rings is 1. The van der Waals surface area contributed by atoms with Crippen LogP contribution < -0.4 is 5.32 Å². The summed E-state index contributed by atoms with van der Waals surface area (Å²) in [5, 5.41) is 3.60. The molecule has 1 aromatic carbocycles. The molecule has 5 heteroatoms. The molecule has 5 nitrogen and oxygen atoms in total. The Balaban J connectivity index is 1.71. The molecule has 0 aromatic heterocycles. The minimum absolute atomic E-state index is 0.0268. The SMILES string of the molecule is COC(=O)[C@@]12CC[C@]34CCCN5CC(C(=O)C3)[C@@]1(c1ccccc1N2)C54. The van der Waals surface area contributed by atoms with Crippen LogP contribution >= 0.6 is 0 Å². The molecule has 2 aliphatic carbocycles. The van der Waals surface area contributed by atoms with Gasteiger partial charge < -0.3 is 10.1 Å². The molecule has 3 heterocycles. The van der Waals surface area contributed by atoms with Crippen LogP contribution in [0.1, 0.15) is 37.7 Å². The van der Waals surface area contributed by atoms with Crippen molar-refractivity contribution in [1.82, 2.24) is 4.90 Å². The second kappa shape index (κ2) is 4.50. The first kappa shape index (κ1) is 15.2. The van der Waals surface area contributed by atoms with E-state index in [0.717, 1.165) is 44.5 Å². The molecule has 2 saturated carbocycles. The molecule has 5 atom stereocenters. The number of piperidine rings is 1. The van der Waals surface area contributed by atoms with Crippen molar-refractivity contribution in [3.8, 4) is 0 Å². The van der Waals surface area contributed by atoms with Crippen LogP contribution in [0.4, 0.5) is 5.69 Å². The van der Waals surface area contributed by atoms with Crippen LogP contribution in [0.2, 0.25) is 0 Å². The Morgan fingerprint density at radius 1 is 1.27 bits per heavy atom. The van der Waals surface area contributed by atoms with Gasteiger partial charge in [0.2, 0.25) is 0 Å². The highest BCUT2D eigenvalue weighted by Crippen LogP contribution is 2.72. The molecular weight excluding hydrogens is 328 g/mol. The number of anilines is 1. The number of nitrogens with zero attached hydrogens (tertiary/aromatic N) is 1. The summed E-state index contributed by atoms with van der Waals surface area (Å²) in [6, 6.07) is 8.52. The Bertz CT molecular complexity index is 853. The Kier molecular flexibility index (Phi) is 2.63. The number of carbonyl (C=O) groups is 2. The van der Waals surface area contributed by atoms with Gasteiger partial charge in [-0.05, 0) is 49.3 Å². The minimum Gasteiger partial charge on any atom is -0.467 e. The van der Waals surface area contributed by atoms with Crippen LogP contribution in [0.25, 0.3) is 0 Å². The molecule has 4 fully saturated rings. The normalized spacial score (nSPS) is 44.9. The van der Waals surface area contributed by atoms with Crippen molar-refractivity contribution in [2.24, 2.45) is 11.3 Å². The van der Waals surface area contributed by atoms with Crippen molar-refractivity contribution < 1.29 is 14.3 Å². The second-order valence-electron chi connectivity index (χ2n) is 9.00. The van der Waals surface area contributed by atoms with Crippen molar-refractivity contribution in [2.45, 2.75) is 49.1 Å². The lowest BCUT2D eigenvalue weighted by Crippen LogP contribution is -2.75. The minimum atomic E-state index is -0.813. The second-order valence-corrected chi connectivity index (χ2v) is 9.00. The summed E-state index contributed by atoms with van der Waals surface area (Å²) >= 11 is 0. The molecule has 0 amide bonds. The number of Topliss-reactive ketones (excluding diaryl/α,β-unsaturated/α-hetero) is 1. The lowest BCUT2D eigenvalue weighted by atomic mass is 9.41. The first-order chi connectivity index (χ1) is 12.6. The third-order valence-corrected chi connectivity index (χ3v) is 8.34. The van der Waals surface area contributed by atoms with E-state index in [9.17, 15) is 9.59 Å². The highest BCUT2D eigenvalue weighted by molar-refractivity contribution is 5.98. The maximum Gasteiger partial charge on any atom is 0.332 e. The Morgan fingerprint density at radius 2 is 2.12 bits per heavy atom. The summed E-state index contributed by atoms with van der Waals surface area (Å²) in [6.07, 6.45) is 4.63. The number of carbonyl (C=O) groups excluding carboxylic acids is 2. The summed E-state index contributed by atoms with van der Waals surface area (Å²) in [7, 11) is 1.48. The topological polar surface area (TPSA) is 58.6 Å². The number of ketones is 1. The van der Waals surface area contributed by atoms with Gasteiger partial charge in [-0.25, -0.2) is 4.79 Å². The zero-order chi connectivity index (χ0) is 17.7. The van der Waals surface area contributed by atoms with Gasteiger partial charge in [0.25, 0.3) is 0 Å². The smallest absolute Gasteiger partial charge is 0.332 e. The van der Waals surface area contributed by atoms with Gasteiger partial charge in [0.1, 0.15) is 11.3 Å². The quantitative estimate of drug-likeness (QED) is 0.785.